The molecule has 1 saturated heterocycles. The first-order chi connectivity index (χ1) is 9.79. The summed E-state index contributed by atoms with van der Waals surface area (Å²) < 4.78 is 0. The van der Waals surface area contributed by atoms with Crippen LogP contribution >= 0.6 is 11.3 Å². The van der Waals surface area contributed by atoms with Crippen molar-refractivity contribution in [3.63, 3.8) is 0 Å². The number of carbonyl (C=O) groups excluding carboxylic acids is 4. The van der Waals surface area contributed by atoms with Gasteiger partial charge in [-0.1, -0.05) is 0 Å². The SMILES string of the molecule is CN1C(=O)CC[C@](C)(N2C(=O)c3csc(N)c3C2=O)C1=O. The molecule has 0 spiro atoms. The summed E-state index contributed by atoms with van der Waals surface area (Å²) in [5.41, 5.74) is 4.78. The summed E-state index contributed by atoms with van der Waals surface area (Å²) in [5, 5.41) is 1.79. The third kappa shape index (κ3) is 1.59. The fraction of sp³-hybridized carbons (Fsp3) is 0.385. The molecule has 1 atom stereocenters. The maximum Gasteiger partial charge on any atom is 0.265 e. The number of amides is 4. The van der Waals surface area contributed by atoms with E-state index >= 15 is 0 Å². The maximum atomic E-state index is 12.5. The number of piperidine rings is 1. The van der Waals surface area contributed by atoms with E-state index in [4.69, 9.17) is 5.73 Å². The van der Waals surface area contributed by atoms with E-state index in [0.717, 1.165) is 21.1 Å². The summed E-state index contributed by atoms with van der Waals surface area (Å²) >= 11 is 1.12. The van der Waals surface area contributed by atoms with Crippen LogP contribution in [0.1, 0.15) is 40.5 Å². The number of fused-ring (bicyclic) bond motifs is 1. The Kier molecular flexibility index (Phi) is 2.71. The van der Waals surface area contributed by atoms with Crippen molar-refractivity contribution < 1.29 is 19.2 Å². The standard InChI is InChI=1S/C13H13N3O4S/c1-13(4-3-7(17)15(2)12(13)20)16-10(18)6-5-21-9(14)8(6)11(16)19/h5H,3-4,14H2,1-2H3/t13-/m0/s1. The zero-order valence-electron chi connectivity index (χ0n) is 11.5. The van der Waals surface area contributed by atoms with Crippen molar-refractivity contribution in [2.45, 2.75) is 25.3 Å². The van der Waals surface area contributed by atoms with Gasteiger partial charge in [-0.15, -0.1) is 11.3 Å². The summed E-state index contributed by atoms with van der Waals surface area (Å²) in [6.45, 7) is 1.51. The second-order valence-corrected chi connectivity index (χ2v) is 6.28. The predicted molar refractivity (Wildman–Crippen MR) is 74.6 cm³/mol. The Morgan fingerprint density at radius 1 is 1.24 bits per heavy atom. The Hall–Kier alpha value is -2.22. The molecule has 1 fully saturated rings. The van der Waals surface area contributed by atoms with E-state index in [2.05, 4.69) is 0 Å². The number of carbonyl (C=O) groups is 4. The number of imide groups is 2. The lowest BCUT2D eigenvalue weighted by atomic mass is 9.88. The molecule has 1 aromatic heterocycles. The minimum Gasteiger partial charge on any atom is -0.390 e. The van der Waals surface area contributed by atoms with Gasteiger partial charge in [0, 0.05) is 18.8 Å². The highest BCUT2D eigenvalue weighted by molar-refractivity contribution is 7.14. The molecule has 0 aliphatic carbocycles. The molecule has 4 amide bonds. The van der Waals surface area contributed by atoms with Crippen LogP contribution in [0.4, 0.5) is 5.00 Å². The molecule has 0 radical (unpaired) electrons. The van der Waals surface area contributed by atoms with E-state index in [1.807, 2.05) is 0 Å². The summed E-state index contributed by atoms with van der Waals surface area (Å²) in [6, 6.07) is 0. The van der Waals surface area contributed by atoms with Crippen molar-refractivity contribution in [1.29, 1.82) is 0 Å². The van der Waals surface area contributed by atoms with Crippen molar-refractivity contribution >= 4 is 40.0 Å². The molecule has 110 valence electrons. The molecule has 2 N–H and O–H groups in total. The van der Waals surface area contributed by atoms with Gasteiger partial charge < -0.3 is 5.73 Å². The molecular formula is C13H13N3O4S. The molecule has 3 heterocycles. The molecule has 1 aromatic rings. The van der Waals surface area contributed by atoms with Crippen LogP contribution in [-0.2, 0) is 9.59 Å². The molecule has 8 heteroatoms. The Balaban J connectivity index is 2.06. The van der Waals surface area contributed by atoms with Gasteiger partial charge in [0.25, 0.3) is 17.7 Å². The van der Waals surface area contributed by atoms with Crippen LogP contribution in [0.2, 0.25) is 0 Å². The van der Waals surface area contributed by atoms with Gasteiger partial charge >= 0.3 is 0 Å². The summed E-state index contributed by atoms with van der Waals surface area (Å²) in [5.74, 6) is -1.95. The number of hydrogen-bond acceptors (Lipinski definition) is 6. The highest BCUT2D eigenvalue weighted by Crippen LogP contribution is 2.39. The molecule has 7 nitrogen and oxygen atoms in total. The molecule has 0 aromatic carbocycles. The number of thiophene rings is 1. The third-order valence-corrected chi connectivity index (χ3v) is 4.94. The lowest BCUT2D eigenvalue weighted by Gasteiger charge is -2.41. The quantitative estimate of drug-likeness (QED) is 0.760. The Labute approximate surface area is 124 Å². The fourth-order valence-electron chi connectivity index (χ4n) is 2.83. The predicted octanol–water partition coefficient (Wildman–Crippen LogP) is 0.464. The van der Waals surface area contributed by atoms with E-state index in [-0.39, 0.29) is 34.9 Å². The Bertz CT molecular complexity index is 710. The first kappa shape index (κ1) is 13.7. The Morgan fingerprint density at radius 2 is 1.90 bits per heavy atom. The van der Waals surface area contributed by atoms with Crippen LogP contribution in [0.15, 0.2) is 5.38 Å². The zero-order valence-corrected chi connectivity index (χ0v) is 12.3. The first-order valence-electron chi connectivity index (χ1n) is 6.36. The number of rotatable bonds is 1. The number of anilines is 1. The van der Waals surface area contributed by atoms with Gasteiger partial charge in [0.2, 0.25) is 5.91 Å². The highest BCUT2D eigenvalue weighted by Gasteiger charge is 2.55. The smallest absolute Gasteiger partial charge is 0.265 e. The van der Waals surface area contributed by atoms with Gasteiger partial charge in [0.05, 0.1) is 16.1 Å². The monoisotopic (exact) mass is 307 g/mol. The van der Waals surface area contributed by atoms with E-state index in [1.165, 1.54) is 19.4 Å². The fourth-order valence-corrected chi connectivity index (χ4v) is 3.61. The topological polar surface area (TPSA) is 101 Å². The largest absolute Gasteiger partial charge is 0.390 e. The van der Waals surface area contributed by atoms with Crippen LogP contribution in [0.3, 0.4) is 0 Å². The molecule has 0 saturated carbocycles. The van der Waals surface area contributed by atoms with E-state index in [9.17, 15) is 19.2 Å². The van der Waals surface area contributed by atoms with Crippen LogP contribution < -0.4 is 5.73 Å². The number of nitrogens with zero attached hydrogens (tertiary/aromatic N) is 2. The maximum absolute atomic E-state index is 12.5. The summed E-state index contributed by atoms with van der Waals surface area (Å²) in [7, 11) is 1.36. The average molecular weight is 307 g/mol. The van der Waals surface area contributed by atoms with Crippen molar-refractivity contribution in [2.75, 3.05) is 12.8 Å². The average Bonchev–Trinajstić information content (AvgIpc) is 2.94. The van der Waals surface area contributed by atoms with E-state index in [1.54, 1.807) is 0 Å². The normalized spacial score (nSPS) is 25.8. The number of nitrogens with two attached hydrogens (primary N) is 1. The van der Waals surface area contributed by atoms with Gasteiger partial charge in [0.1, 0.15) is 5.54 Å². The number of likely N-dealkylation sites (N-methyl/N-ethyl adjacent to an activating group) is 1. The zero-order chi connectivity index (χ0) is 15.5. The minimum atomic E-state index is -1.35. The van der Waals surface area contributed by atoms with Gasteiger partial charge in [-0.25, -0.2) is 0 Å². The second kappa shape index (κ2) is 4.14. The first-order valence-corrected chi connectivity index (χ1v) is 7.24. The van der Waals surface area contributed by atoms with Crippen molar-refractivity contribution in [3.05, 3.63) is 16.5 Å². The third-order valence-electron chi connectivity index (χ3n) is 4.13. The lowest BCUT2D eigenvalue weighted by molar-refractivity contribution is -0.154. The van der Waals surface area contributed by atoms with Gasteiger partial charge in [-0.05, 0) is 13.3 Å². The van der Waals surface area contributed by atoms with Crippen LogP contribution in [-0.4, -0.2) is 46.0 Å². The van der Waals surface area contributed by atoms with Crippen molar-refractivity contribution in [1.82, 2.24) is 9.80 Å². The molecule has 0 unspecified atom stereocenters. The highest BCUT2D eigenvalue weighted by atomic mass is 32.1. The van der Waals surface area contributed by atoms with E-state index in [0.29, 0.717) is 0 Å². The Morgan fingerprint density at radius 3 is 2.52 bits per heavy atom. The van der Waals surface area contributed by atoms with Crippen LogP contribution in [0.5, 0.6) is 0 Å². The molecule has 0 bridgehead atoms. The van der Waals surface area contributed by atoms with Crippen molar-refractivity contribution in [2.24, 2.45) is 0 Å². The molecule has 21 heavy (non-hydrogen) atoms. The molecular weight excluding hydrogens is 294 g/mol. The van der Waals surface area contributed by atoms with E-state index < -0.39 is 23.3 Å². The van der Waals surface area contributed by atoms with Crippen molar-refractivity contribution in [3.8, 4) is 0 Å². The minimum absolute atomic E-state index is 0.109. The summed E-state index contributed by atoms with van der Waals surface area (Å²) in [4.78, 5) is 50.9. The number of likely N-dealkylation sites (tertiary alicyclic amines) is 1. The summed E-state index contributed by atoms with van der Waals surface area (Å²) in [6.07, 6.45) is 0.234. The second-order valence-electron chi connectivity index (χ2n) is 5.37. The van der Waals surface area contributed by atoms with Gasteiger partial charge in [-0.3, -0.25) is 29.0 Å². The molecule has 2 aliphatic heterocycles. The number of hydrogen-bond donors (Lipinski definition) is 1. The van der Waals surface area contributed by atoms with Gasteiger partial charge in [0.15, 0.2) is 0 Å². The van der Waals surface area contributed by atoms with Crippen LogP contribution in [0.25, 0.3) is 0 Å². The number of nitrogen functional groups attached to an aromatic ring is 1. The van der Waals surface area contributed by atoms with Crippen LogP contribution in [0, 0.1) is 0 Å². The lowest BCUT2D eigenvalue weighted by Crippen LogP contribution is -2.63. The molecule has 3 rings (SSSR count). The molecule has 2 aliphatic rings. The van der Waals surface area contributed by atoms with Gasteiger partial charge in [-0.2, -0.15) is 0 Å².